The number of nitrogen functional groups attached to an aromatic ring is 1. The smallest absolute Gasteiger partial charge is 0.249 e. The van der Waals surface area contributed by atoms with E-state index in [9.17, 15) is 0 Å². The zero-order chi connectivity index (χ0) is 13.7. The van der Waals surface area contributed by atoms with Gasteiger partial charge in [0.05, 0.1) is 6.61 Å². The lowest BCUT2D eigenvalue weighted by molar-refractivity contribution is 0.304. The number of rotatable bonds is 5. The normalized spacial score (nSPS) is 10.2. The summed E-state index contributed by atoms with van der Waals surface area (Å²) in [5, 5.41) is 0. The van der Waals surface area contributed by atoms with E-state index in [0.29, 0.717) is 29.8 Å². The van der Waals surface area contributed by atoms with E-state index in [0.717, 1.165) is 9.99 Å². The maximum absolute atomic E-state index is 5.93. The molecule has 6 heteroatoms. The first-order valence-corrected chi connectivity index (χ1v) is 6.95. The molecule has 2 rings (SSSR count). The maximum Gasteiger partial charge on any atom is 0.249 e. The molecule has 0 atom stereocenters. The highest BCUT2D eigenvalue weighted by Gasteiger charge is 2.11. The molecular weight excluding hydrogens is 357 g/mol. The highest BCUT2D eigenvalue weighted by atomic mass is 127. The molecule has 100 valence electrons. The maximum atomic E-state index is 5.93. The van der Waals surface area contributed by atoms with Gasteiger partial charge in [0, 0.05) is 3.57 Å². The molecule has 2 aromatic rings. The summed E-state index contributed by atoms with van der Waals surface area (Å²) in [5.74, 6) is 1.34. The third-order valence-electron chi connectivity index (χ3n) is 2.28. The summed E-state index contributed by atoms with van der Waals surface area (Å²) in [7, 11) is 0. The van der Waals surface area contributed by atoms with Crippen LogP contribution in [0.15, 0.2) is 30.6 Å². The van der Waals surface area contributed by atoms with Gasteiger partial charge >= 0.3 is 0 Å². The van der Waals surface area contributed by atoms with E-state index in [-0.39, 0.29) is 0 Å². The number of halogens is 1. The first-order valence-electron chi connectivity index (χ1n) is 5.87. The molecule has 1 aromatic heterocycles. The Balaban J connectivity index is 2.18. The van der Waals surface area contributed by atoms with E-state index in [1.807, 2.05) is 31.2 Å². The highest BCUT2D eigenvalue weighted by molar-refractivity contribution is 14.1. The van der Waals surface area contributed by atoms with Crippen molar-refractivity contribution in [3.8, 4) is 17.5 Å². The molecule has 0 aliphatic rings. The molecule has 0 saturated heterocycles. The fourth-order valence-electron chi connectivity index (χ4n) is 1.37. The second kappa shape index (κ2) is 6.55. The van der Waals surface area contributed by atoms with Gasteiger partial charge in [0.2, 0.25) is 11.8 Å². The van der Waals surface area contributed by atoms with Crippen molar-refractivity contribution in [2.24, 2.45) is 0 Å². The molecule has 5 nitrogen and oxygen atoms in total. The van der Waals surface area contributed by atoms with E-state index >= 15 is 0 Å². The molecule has 0 amide bonds. The SMILES string of the molecule is CCCOc1ncnc(Oc2ccc(I)cc2)c1N. The second-order valence-corrected chi connectivity index (χ2v) is 5.05. The number of nitrogens with two attached hydrogens (primary N) is 1. The Bertz CT molecular complexity index is 546. The molecule has 0 unspecified atom stereocenters. The topological polar surface area (TPSA) is 70.3 Å². The Hall–Kier alpha value is -1.57. The van der Waals surface area contributed by atoms with Crippen molar-refractivity contribution >= 4 is 28.3 Å². The average molecular weight is 371 g/mol. The zero-order valence-electron chi connectivity index (χ0n) is 10.5. The minimum absolute atomic E-state index is 0.308. The van der Waals surface area contributed by atoms with Gasteiger partial charge in [-0.25, -0.2) is 0 Å². The van der Waals surface area contributed by atoms with Crippen LogP contribution in [-0.4, -0.2) is 16.6 Å². The van der Waals surface area contributed by atoms with Crippen LogP contribution in [0.1, 0.15) is 13.3 Å². The standard InChI is InChI=1S/C13H14IN3O2/c1-2-7-18-12-11(15)13(17-8-16-12)19-10-5-3-9(14)4-6-10/h3-6,8H,2,7,15H2,1H3. The molecule has 0 aliphatic carbocycles. The van der Waals surface area contributed by atoms with Crippen LogP contribution in [-0.2, 0) is 0 Å². The molecule has 1 heterocycles. The molecule has 0 spiro atoms. The highest BCUT2D eigenvalue weighted by Crippen LogP contribution is 2.30. The summed E-state index contributed by atoms with van der Waals surface area (Å²) in [4.78, 5) is 8.02. The first kappa shape index (κ1) is 13.9. The lowest BCUT2D eigenvalue weighted by atomic mass is 10.3. The van der Waals surface area contributed by atoms with Crippen molar-refractivity contribution in [3.63, 3.8) is 0 Å². The Morgan fingerprint density at radius 1 is 1.16 bits per heavy atom. The summed E-state index contributed by atoms with van der Waals surface area (Å²) in [5.41, 5.74) is 6.24. The van der Waals surface area contributed by atoms with Crippen molar-refractivity contribution in [1.82, 2.24) is 9.97 Å². The number of anilines is 1. The molecule has 1 aromatic carbocycles. The Labute approximate surface area is 125 Å². The van der Waals surface area contributed by atoms with Gasteiger partial charge in [-0.3, -0.25) is 0 Å². The van der Waals surface area contributed by atoms with Crippen molar-refractivity contribution in [2.75, 3.05) is 12.3 Å². The van der Waals surface area contributed by atoms with Gasteiger partial charge < -0.3 is 15.2 Å². The molecular formula is C13H14IN3O2. The van der Waals surface area contributed by atoms with E-state index in [1.165, 1.54) is 6.33 Å². The molecule has 0 bridgehead atoms. The van der Waals surface area contributed by atoms with Crippen LogP contribution in [0.4, 0.5) is 5.69 Å². The van der Waals surface area contributed by atoms with Crippen molar-refractivity contribution in [1.29, 1.82) is 0 Å². The molecule has 0 saturated carbocycles. The van der Waals surface area contributed by atoms with Crippen molar-refractivity contribution in [2.45, 2.75) is 13.3 Å². The molecule has 0 radical (unpaired) electrons. The summed E-state index contributed by atoms with van der Waals surface area (Å²) in [6.07, 6.45) is 2.26. The number of aromatic nitrogens is 2. The summed E-state index contributed by atoms with van der Waals surface area (Å²) in [6, 6.07) is 7.61. The van der Waals surface area contributed by atoms with Gasteiger partial charge in [0.15, 0.2) is 5.69 Å². The summed E-state index contributed by atoms with van der Waals surface area (Å²) in [6.45, 7) is 2.57. The third kappa shape index (κ3) is 3.69. The summed E-state index contributed by atoms with van der Waals surface area (Å²) >= 11 is 2.23. The molecule has 2 N–H and O–H groups in total. The van der Waals surface area contributed by atoms with Crippen molar-refractivity contribution < 1.29 is 9.47 Å². The van der Waals surface area contributed by atoms with Gasteiger partial charge in [-0.15, -0.1) is 0 Å². The van der Waals surface area contributed by atoms with E-state index < -0.39 is 0 Å². The van der Waals surface area contributed by atoms with E-state index in [1.54, 1.807) is 0 Å². The number of hydrogen-bond acceptors (Lipinski definition) is 5. The third-order valence-corrected chi connectivity index (χ3v) is 3.00. The zero-order valence-corrected chi connectivity index (χ0v) is 12.6. The Morgan fingerprint density at radius 2 is 1.84 bits per heavy atom. The van der Waals surface area contributed by atoms with E-state index in [4.69, 9.17) is 15.2 Å². The van der Waals surface area contributed by atoms with Gasteiger partial charge in [0.1, 0.15) is 12.1 Å². The lowest BCUT2D eigenvalue weighted by Crippen LogP contribution is -2.04. The largest absolute Gasteiger partial charge is 0.476 e. The lowest BCUT2D eigenvalue weighted by Gasteiger charge is -2.10. The molecule has 0 fully saturated rings. The van der Waals surface area contributed by atoms with Crippen LogP contribution >= 0.6 is 22.6 Å². The van der Waals surface area contributed by atoms with Crippen LogP contribution in [0.2, 0.25) is 0 Å². The predicted molar refractivity (Wildman–Crippen MR) is 81.5 cm³/mol. The van der Waals surface area contributed by atoms with Gasteiger partial charge in [-0.2, -0.15) is 9.97 Å². The quantitative estimate of drug-likeness (QED) is 0.818. The predicted octanol–water partition coefficient (Wildman–Crippen LogP) is 3.24. The van der Waals surface area contributed by atoms with Gasteiger partial charge in [-0.05, 0) is 53.3 Å². The summed E-state index contributed by atoms with van der Waals surface area (Å²) < 4.78 is 12.2. The molecule has 19 heavy (non-hydrogen) atoms. The minimum atomic E-state index is 0.308. The minimum Gasteiger partial charge on any atom is -0.476 e. The van der Waals surface area contributed by atoms with E-state index in [2.05, 4.69) is 32.6 Å². The van der Waals surface area contributed by atoms with Gasteiger partial charge in [-0.1, -0.05) is 6.92 Å². The fourth-order valence-corrected chi connectivity index (χ4v) is 1.73. The van der Waals surface area contributed by atoms with Crippen LogP contribution in [0.3, 0.4) is 0 Å². The average Bonchev–Trinajstić information content (AvgIpc) is 2.42. The van der Waals surface area contributed by atoms with Crippen molar-refractivity contribution in [3.05, 3.63) is 34.2 Å². The van der Waals surface area contributed by atoms with Crippen LogP contribution in [0.25, 0.3) is 0 Å². The second-order valence-electron chi connectivity index (χ2n) is 3.80. The number of hydrogen-bond donors (Lipinski definition) is 1. The van der Waals surface area contributed by atoms with Crippen LogP contribution in [0, 0.1) is 3.57 Å². The number of benzene rings is 1. The van der Waals surface area contributed by atoms with Gasteiger partial charge in [0.25, 0.3) is 0 Å². The Morgan fingerprint density at radius 3 is 2.53 bits per heavy atom. The fraction of sp³-hybridized carbons (Fsp3) is 0.231. The van der Waals surface area contributed by atoms with Crippen LogP contribution < -0.4 is 15.2 Å². The number of ether oxygens (including phenoxy) is 2. The van der Waals surface area contributed by atoms with Crippen LogP contribution in [0.5, 0.6) is 17.5 Å². The Kier molecular flexibility index (Phi) is 4.78. The molecule has 0 aliphatic heterocycles. The first-order chi connectivity index (χ1) is 9.20. The monoisotopic (exact) mass is 371 g/mol. The number of nitrogens with zero attached hydrogens (tertiary/aromatic N) is 2.